The Morgan fingerprint density at radius 2 is 1.55 bits per heavy atom. The number of nitroso groups, excluding NO2 is 1. The fraction of sp³-hybridized carbons (Fsp3) is 0.148. The summed E-state index contributed by atoms with van der Waals surface area (Å²) in [7, 11) is 0. The third kappa shape index (κ3) is 5.01. The summed E-state index contributed by atoms with van der Waals surface area (Å²) in [5.74, 6) is -0.980. The standard InChI is InChI=1S/C27H23N3O3/c1-18-4-2-3-5-24(18)25(16-26(30-33)23-14-15-28-29-17-23)21-10-6-19(7-11-21)20-8-12-22(13-9-20)27(31)32/h2-15,17,25-26H,16H2,1H3,(H,31,32). The van der Waals surface area contributed by atoms with Crippen LogP contribution in [0.4, 0.5) is 0 Å². The highest BCUT2D eigenvalue weighted by atomic mass is 16.4. The molecular formula is C27H23N3O3. The number of hydrogen-bond donors (Lipinski definition) is 1. The quantitative estimate of drug-likeness (QED) is 0.332. The zero-order chi connectivity index (χ0) is 23.2. The van der Waals surface area contributed by atoms with Gasteiger partial charge in [-0.3, -0.25) is 0 Å². The fourth-order valence-corrected chi connectivity index (χ4v) is 4.09. The summed E-state index contributed by atoms with van der Waals surface area (Å²) < 4.78 is 0. The molecule has 0 fully saturated rings. The molecular weight excluding hydrogens is 414 g/mol. The first-order valence-electron chi connectivity index (χ1n) is 10.6. The highest BCUT2D eigenvalue weighted by molar-refractivity contribution is 5.88. The Morgan fingerprint density at radius 3 is 2.12 bits per heavy atom. The fourth-order valence-electron chi connectivity index (χ4n) is 4.09. The third-order valence-electron chi connectivity index (χ3n) is 5.92. The van der Waals surface area contributed by atoms with Crippen LogP contribution in [0, 0.1) is 11.8 Å². The molecule has 0 radical (unpaired) electrons. The van der Waals surface area contributed by atoms with Crippen LogP contribution in [0.2, 0.25) is 0 Å². The highest BCUT2D eigenvalue weighted by Gasteiger charge is 2.23. The molecule has 0 aliphatic carbocycles. The van der Waals surface area contributed by atoms with Crippen LogP contribution in [0.25, 0.3) is 11.1 Å². The molecule has 6 nitrogen and oxygen atoms in total. The lowest BCUT2D eigenvalue weighted by molar-refractivity contribution is 0.0697. The largest absolute Gasteiger partial charge is 0.478 e. The van der Waals surface area contributed by atoms with Gasteiger partial charge in [0.05, 0.1) is 11.8 Å². The number of aromatic carboxylic acids is 1. The average Bonchev–Trinajstić information content (AvgIpc) is 2.86. The molecule has 0 aliphatic heterocycles. The number of carbonyl (C=O) groups is 1. The van der Waals surface area contributed by atoms with Crippen molar-refractivity contribution >= 4 is 5.97 Å². The number of carboxylic acid groups (broad SMARTS) is 1. The van der Waals surface area contributed by atoms with Crippen LogP contribution >= 0.6 is 0 Å². The molecule has 6 heteroatoms. The van der Waals surface area contributed by atoms with Crippen molar-refractivity contribution in [1.82, 2.24) is 10.2 Å². The van der Waals surface area contributed by atoms with Crippen molar-refractivity contribution in [2.24, 2.45) is 5.18 Å². The van der Waals surface area contributed by atoms with Gasteiger partial charge in [-0.25, -0.2) is 4.79 Å². The van der Waals surface area contributed by atoms with Gasteiger partial charge in [-0.1, -0.05) is 65.8 Å². The van der Waals surface area contributed by atoms with Gasteiger partial charge in [0.1, 0.15) is 6.04 Å². The highest BCUT2D eigenvalue weighted by Crippen LogP contribution is 2.37. The predicted octanol–water partition coefficient (Wildman–Crippen LogP) is 6.18. The van der Waals surface area contributed by atoms with Crippen molar-refractivity contribution in [3.05, 3.63) is 124 Å². The number of aromatic nitrogens is 2. The zero-order valence-electron chi connectivity index (χ0n) is 18.1. The number of rotatable bonds is 8. The van der Waals surface area contributed by atoms with E-state index in [2.05, 4.69) is 46.6 Å². The summed E-state index contributed by atoms with van der Waals surface area (Å²) in [5.41, 5.74) is 6.30. The van der Waals surface area contributed by atoms with Crippen LogP contribution < -0.4 is 0 Å². The van der Waals surface area contributed by atoms with Gasteiger partial charge in [0.25, 0.3) is 0 Å². The molecule has 0 spiro atoms. The lowest BCUT2D eigenvalue weighted by Crippen LogP contribution is -2.09. The number of hydrogen-bond acceptors (Lipinski definition) is 5. The van der Waals surface area contributed by atoms with E-state index in [1.807, 2.05) is 24.3 Å². The van der Waals surface area contributed by atoms with Crippen LogP contribution in [-0.2, 0) is 0 Å². The predicted molar refractivity (Wildman–Crippen MR) is 127 cm³/mol. The van der Waals surface area contributed by atoms with Crippen LogP contribution in [0.5, 0.6) is 0 Å². The topological polar surface area (TPSA) is 92.5 Å². The van der Waals surface area contributed by atoms with Gasteiger partial charge in [0.15, 0.2) is 0 Å². The van der Waals surface area contributed by atoms with Crippen molar-refractivity contribution in [3.63, 3.8) is 0 Å². The van der Waals surface area contributed by atoms with Gasteiger partial charge < -0.3 is 5.11 Å². The lowest BCUT2D eigenvalue weighted by Gasteiger charge is -2.23. The molecule has 1 aromatic heterocycles. The van der Waals surface area contributed by atoms with Crippen LogP contribution in [0.1, 0.15) is 51.0 Å². The summed E-state index contributed by atoms with van der Waals surface area (Å²) >= 11 is 0. The summed E-state index contributed by atoms with van der Waals surface area (Å²) in [4.78, 5) is 22.9. The summed E-state index contributed by atoms with van der Waals surface area (Å²) in [5, 5.41) is 20.2. The first kappa shape index (κ1) is 22.0. The maximum atomic E-state index is 11.8. The van der Waals surface area contributed by atoms with Crippen LogP contribution in [-0.4, -0.2) is 21.3 Å². The minimum absolute atomic E-state index is 0.0366. The molecule has 33 heavy (non-hydrogen) atoms. The SMILES string of the molecule is Cc1ccccc1C(CC(N=O)c1ccnnc1)c1ccc(-c2ccc(C(=O)O)cc2)cc1. The molecule has 0 saturated heterocycles. The average molecular weight is 437 g/mol. The second-order valence-electron chi connectivity index (χ2n) is 7.95. The van der Waals surface area contributed by atoms with E-state index in [4.69, 9.17) is 5.11 Å². The molecule has 0 bridgehead atoms. The number of nitrogens with zero attached hydrogens (tertiary/aromatic N) is 3. The van der Waals surface area contributed by atoms with Crippen molar-refractivity contribution in [1.29, 1.82) is 0 Å². The first-order valence-corrected chi connectivity index (χ1v) is 10.6. The van der Waals surface area contributed by atoms with Gasteiger partial charge in [-0.05, 0) is 59.4 Å². The molecule has 1 N–H and O–H groups in total. The van der Waals surface area contributed by atoms with E-state index in [1.165, 1.54) is 0 Å². The number of carboxylic acids is 1. The molecule has 4 rings (SSSR count). The Labute approximate surface area is 191 Å². The zero-order valence-corrected chi connectivity index (χ0v) is 18.1. The van der Waals surface area contributed by atoms with Gasteiger partial charge >= 0.3 is 5.97 Å². The van der Waals surface area contributed by atoms with Crippen LogP contribution in [0.15, 0.2) is 96.4 Å². The molecule has 3 aromatic carbocycles. The molecule has 1 heterocycles. The molecule has 4 aromatic rings. The smallest absolute Gasteiger partial charge is 0.335 e. The van der Waals surface area contributed by atoms with Crippen molar-refractivity contribution in [2.45, 2.75) is 25.3 Å². The molecule has 0 amide bonds. The van der Waals surface area contributed by atoms with Crippen molar-refractivity contribution in [2.75, 3.05) is 0 Å². The lowest BCUT2D eigenvalue weighted by atomic mass is 9.82. The molecule has 2 unspecified atom stereocenters. The van der Waals surface area contributed by atoms with Crippen molar-refractivity contribution in [3.8, 4) is 11.1 Å². The van der Waals surface area contributed by atoms with E-state index in [-0.39, 0.29) is 11.5 Å². The number of aryl methyl sites for hydroxylation is 1. The molecule has 164 valence electrons. The first-order chi connectivity index (χ1) is 16.1. The van der Waals surface area contributed by atoms with Gasteiger partial charge in [-0.15, -0.1) is 0 Å². The summed E-state index contributed by atoms with van der Waals surface area (Å²) in [6.45, 7) is 2.07. The van der Waals surface area contributed by atoms with E-state index >= 15 is 0 Å². The van der Waals surface area contributed by atoms with Gasteiger partial charge in [-0.2, -0.15) is 15.1 Å². The summed E-state index contributed by atoms with van der Waals surface area (Å²) in [6.07, 6.45) is 3.66. The Morgan fingerprint density at radius 1 is 0.879 bits per heavy atom. The minimum Gasteiger partial charge on any atom is -0.478 e. The second-order valence-corrected chi connectivity index (χ2v) is 7.95. The Kier molecular flexibility index (Phi) is 6.64. The molecule has 0 aliphatic rings. The monoisotopic (exact) mass is 437 g/mol. The Bertz CT molecular complexity index is 1240. The van der Waals surface area contributed by atoms with Gasteiger partial charge in [0.2, 0.25) is 0 Å². The van der Waals surface area contributed by atoms with E-state index in [0.29, 0.717) is 6.42 Å². The number of benzene rings is 3. The Balaban J connectivity index is 1.68. The van der Waals surface area contributed by atoms with Crippen LogP contribution in [0.3, 0.4) is 0 Å². The molecule has 2 atom stereocenters. The third-order valence-corrected chi connectivity index (χ3v) is 5.92. The van der Waals surface area contributed by atoms with Gasteiger partial charge in [0, 0.05) is 17.7 Å². The Hall–Kier alpha value is -4.19. The van der Waals surface area contributed by atoms with E-state index < -0.39 is 12.0 Å². The maximum Gasteiger partial charge on any atom is 0.335 e. The maximum absolute atomic E-state index is 11.8. The second kappa shape index (κ2) is 9.96. The van der Waals surface area contributed by atoms with E-state index in [9.17, 15) is 9.70 Å². The van der Waals surface area contributed by atoms with E-state index in [1.54, 1.807) is 42.7 Å². The van der Waals surface area contributed by atoms with E-state index in [0.717, 1.165) is 33.4 Å². The molecule has 0 saturated carbocycles. The minimum atomic E-state index is -0.944. The normalized spacial score (nSPS) is 12.6. The summed E-state index contributed by atoms with van der Waals surface area (Å²) in [6, 6.07) is 24.4. The van der Waals surface area contributed by atoms with Crippen molar-refractivity contribution < 1.29 is 9.90 Å².